The van der Waals surface area contributed by atoms with E-state index >= 15 is 0 Å². The van der Waals surface area contributed by atoms with Crippen molar-refractivity contribution in [1.29, 1.82) is 0 Å². The molecular formula is C10H18N2O2. The van der Waals surface area contributed by atoms with Crippen molar-refractivity contribution in [2.75, 3.05) is 6.54 Å². The maximum Gasteiger partial charge on any atom is 0.326 e. The van der Waals surface area contributed by atoms with E-state index in [1.165, 1.54) is 0 Å². The first-order chi connectivity index (χ1) is 6.59. The second-order valence-electron chi connectivity index (χ2n) is 4.10. The molecule has 1 unspecified atom stereocenters. The van der Waals surface area contributed by atoms with Crippen molar-refractivity contribution in [3.8, 4) is 0 Å². The lowest BCUT2D eigenvalue weighted by Gasteiger charge is -2.17. The van der Waals surface area contributed by atoms with Gasteiger partial charge in [-0.3, -0.25) is 4.99 Å². The molecule has 0 aromatic heterocycles. The van der Waals surface area contributed by atoms with Gasteiger partial charge in [0, 0.05) is 13.0 Å². The summed E-state index contributed by atoms with van der Waals surface area (Å²) in [6.45, 7) is 4.87. The normalized spacial score (nSPS) is 18.1. The third kappa shape index (κ3) is 3.36. The van der Waals surface area contributed by atoms with Gasteiger partial charge in [-0.05, 0) is 18.8 Å². The zero-order valence-corrected chi connectivity index (χ0v) is 8.79. The van der Waals surface area contributed by atoms with Gasteiger partial charge in [0.1, 0.15) is 6.04 Å². The standard InChI is InChI=1S/C10H18N2O2/c1-7(2)6-8(10(13)14)12-9-4-3-5-11-9/h7-8H,3-6H2,1-2H3,(H,11,12)(H,13,14). The maximum atomic E-state index is 10.9. The van der Waals surface area contributed by atoms with E-state index in [1.807, 2.05) is 13.8 Å². The minimum absolute atomic E-state index is 0.380. The molecule has 1 aliphatic heterocycles. The van der Waals surface area contributed by atoms with Crippen LogP contribution in [0.4, 0.5) is 0 Å². The second kappa shape index (κ2) is 4.98. The topological polar surface area (TPSA) is 61.7 Å². The van der Waals surface area contributed by atoms with Gasteiger partial charge in [-0.15, -0.1) is 0 Å². The number of amidine groups is 1. The van der Waals surface area contributed by atoms with E-state index in [0.29, 0.717) is 12.3 Å². The monoisotopic (exact) mass is 198 g/mol. The summed E-state index contributed by atoms with van der Waals surface area (Å²) < 4.78 is 0. The number of carboxylic acids is 1. The number of hydrogen-bond acceptors (Lipinski definition) is 3. The van der Waals surface area contributed by atoms with Crippen LogP contribution < -0.4 is 5.32 Å². The third-order valence-corrected chi connectivity index (χ3v) is 2.22. The molecule has 0 saturated carbocycles. The van der Waals surface area contributed by atoms with E-state index in [-0.39, 0.29) is 0 Å². The van der Waals surface area contributed by atoms with Gasteiger partial charge in [0.2, 0.25) is 0 Å². The molecular weight excluding hydrogens is 180 g/mol. The number of aliphatic carboxylic acids is 1. The number of carbonyl (C=O) groups is 1. The number of carboxylic acid groups (broad SMARTS) is 1. The Hall–Kier alpha value is -1.06. The van der Waals surface area contributed by atoms with Crippen LogP contribution in [0, 0.1) is 5.92 Å². The average Bonchev–Trinajstić information content (AvgIpc) is 2.54. The Balaban J connectivity index is 2.46. The molecule has 0 saturated heterocycles. The highest BCUT2D eigenvalue weighted by Gasteiger charge is 2.20. The van der Waals surface area contributed by atoms with Crippen molar-refractivity contribution >= 4 is 11.8 Å². The van der Waals surface area contributed by atoms with E-state index in [9.17, 15) is 4.79 Å². The number of rotatable bonds is 4. The van der Waals surface area contributed by atoms with E-state index in [4.69, 9.17) is 5.11 Å². The SMILES string of the molecule is CC(C)CC(NC1=NCCC1)C(=O)O. The van der Waals surface area contributed by atoms with Crippen LogP contribution in [0.5, 0.6) is 0 Å². The minimum atomic E-state index is -0.784. The van der Waals surface area contributed by atoms with Crippen LogP contribution in [0.25, 0.3) is 0 Å². The highest BCUT2D eigenvalue weighted by Crippen LogP contribution is 2.08. The Bertz CT molecular complexity index is 236. The number of aliphatic imine (C=N–C) groups is 1. The van der Waals surface area contributed by atoms with Crippen LogP contribution >= 0.6 is 0 Å². The van der Waals surface area contributed by atoms with Gasteiger partial charge in [-0.1, -0.05) is 13.8 Å². The van der Waals surface area contributed by atoms with Gasteiger partial charge in [-0.25, -0.2) is 4.79 Å². The van der Waals surface area contributed by atoms with E-state index in [0.717, 1.165) is 25.2 Å². The fourth-order valence-corrected chi connectivity index (χ4v) is 1.55. The maximum absolute atomic E-state index is 10.9. The number of hydrogen-bond donors (Lipinski definition) is 2. The van der Waals surface area contributed by atoms with Gasteiger partial charge >= 0.3 is 5.97 Å². The molecule has 1 heterocycles. The molecule has 0 spiro atoms. The van der Waals surface area contributed by atoms with Crippen molar-refractivity contribution < 1.29 is 9.90 Å². The first-order valence-electron chi connectivity index (χ1n) is 5.12. The van der Waals surface area contributed by atoms with Crippen LogP contribution in [0.15, 0.2) is 4.99 Å². The Morgan fingerprint density at radius 3 is 2.79 bits per heavy atom. The van der Waals surface area contributed by atoms with E-state index in [1.54, 1.807) is 0 Å². The summed E-state index contributed by atoms with van der Waals surface area (Å²) in [5, 5.41) is 12.0. The third-order valence-electron chi connectivity index (χ3n) is 2.22. The molecule has 0 fully saturated rings. The summed E-state index contributed by atoms with van der Waals surface area (Å²) in [4.78, 5) is 15.1. The summed E-state index contributed by atoms with van der Waals surface area (Å²) in [5.74, 6) is 0.456. The van der Waals surface area contributed by atoms with Gasteiger partial charge in [0.05, 0.1) is 5.84 Å². The molecule has 4 heteroatoms. The molecule has 0 radical (unpaired) electrons. The summed E-state index contributed by atoms with van der Waals surface area (Å²) in [5.41, 5.74) is 0. The first kappa shape index (κ1) is 11.0. The molecule has 80 valence electrons. The molecule has 4 nitrogen and oxygen atoms in total. The number of nitrogens with one attached hydrogen (secondary N) is 1. The van der Waals surface area contributed by atoms with Crippen LogP contribution in [0.3, 0.4) is 0 Å². The Morgan fingerprint density at radius 2 is 2.36 bits per heavy atom. The van der Waals surface area contributed by atoms with Gasteiger partial charge < -0.3 is 10.4 Å². The predicted octanol–water partition coefficient (Wildman–Crippen LogP) is 1.27. The van der Waals surface area contributed by atoms with E-state index < -0.39 is 12.0 Å². The second-order valence-corrected chi connectivity index (χ2v) is 4.10. The van der Waals surface area contributed by atoms with Crippen molar-refractivity contribution in [3.63, 3.8) is 0 Å². The smallest absolute Gasteiger partial charge is 0.326 e. The molecule has 2 N–H and O–H groups in total. The fourth-order valence-electron chi connectivity index (χ4n) is 1.55. The quantitative estimate of drug-likeness (QED) is 0.715. The molecule has 1 rings (SSSR count). The summed E-state index contributed by atoms with van der Waals surface area (Å²) in [6, 6.07) is -0.480. The summed E-state index contributed by atoms with van der Waals surface area (Å²) in [7, 11) is 0. The molecule has 1 atom stereocenters. The Morgan fingerprint density at radius 1 is 1.64 bits per heavy atom. The molecule has 0 aliphatic carbocycles. The van der Waals surface area contributed by atoms with Crippen molar-refractivity contribution in [2.45, 2.75) is 39.2 Å². The Labute approximate surface area is 84.4 Å². The molecule has 0 amide bonds. The van der Waals surface area contributed by atoms with Crippen LogP contribution in [-0.2, 0) is 4.79 Å². The number of nitrogens with zero attached hydrogens (tertiary/aromatic N) is 1. The lowest BCUT2D eigenvalue weighted by Crippen LogP contribution is -2.40. The summed E-state index contributed by atoms with van der Waals surface area (Å²) in [6.07, 6.45) is 2.58. The molecule has 0 aromatic carbocycles. The lowest BCUT2D eigenvalue weighted by molar-refractivity contribution is -0.139. The van der Waals surface area contributed by atoms with Crippen molar-refractivity contribution in [1.82, 2.24) is 5.32 Å². The van der Waals surface area contributed by atoms with Crippen molar-refractivity contribution in [2.24, 2.45) is 10.9 Å². The zero-order valence-electron chi connectivity index (χ0n) is 8.79. The largest absolute Gasteiger partial charge is 0.480 e. The molecule has 1 aliphatic rings. The highest BCUT2D eigenvalue weighted by atomic mass is 16.4. The zero-order chi connectivity index (χ0) is 10.6. The predicted molar refractivity (Wildman–Crippen MR) is 55.6 cm³/mol. The van der Waals surface area contributed by atoms with Gasteiger partial charge in [-0.2, -0.15) is 0 Å². The summed E-state index contributed by atoms with van der Waals surface area (Å²) >= 11 is 0. The molecule has 0 aromatic rings. The van der Waals surface area contributed by atoms with Crippen molar-refractivity contribution in [3.05, 3.63) is 0 Å². The van der Waals surface area contributed by atoms with Gasteiger partial charge in [0.15, 0.2) is 0 Å². The molecule has 14 heavy (non-hydrogen) atoms. The molecule has 0 bridgehead atoms. The fraction of sp³-hybridized carbons (Fsp3) is 0.800. The van der Waals surface area contributed by atoms with Gasteiger partial charge in [0.25, 0.3) is 0 Å². The Kier molecular flexibility index (Phi) is 3.92. The first-order valence-corrected chi connectivity index (χ1v) is 5.12. The lowest BCUT2D eigenvalue weighted by atomic mass is 10.0. The van der Waals surface area contributed by atoms with E-state index in [2.05, 4.69) is 10.3 Å². The van der Waals surface area contributed by atoms with Crippen LogP contribution in [-0.4, -0.2) is 29.5 Å². The minimum Gasteiger partial charge on any atom is -0.480 e. The van der Waals surface area contributed by atoms with Crippen LogP contribution in [0.2, 0.25) is 0 Å². The highest BCUT2D eigenvalue weighted by molar-refractivity contribution is 5.88. The average molecular weight is 198 g/mol. The van der Waals surface area contributed by atoms with Crippen LogP contribution in [0.1, 0.15) is 33.1 Å².